The summed E-state index contributed by atoms with van der Waals surface area (Å²) < 4.78 is 1.77. The monoisotopic (exact) mass is 473 g/mol. The predicted octanol–water partition coefficient (Wildman–Crippen LogP) is 4.37. The molecule has 4 rings (SSSR count). The number of rotatable bonds is 8. The molecule has 1 saturated heterocycles. The molecule has 2 aromatic carbocycles. The summed E-state index contributed by atoms with van der Waals surface area (Å²) in [5, 5.41) is 10.3. The summed E-state index contributed by atoms with van der Waals surface area (Å²) >= 11 is 0. The van der Waals surface area contributed by atoms with E-state index in [9.17, 15) is 14.4 Å². The van der Waals surface area contributed by atoms with Crippen LogP contribution >= 0.6 is 0 Å². The van der Waals surface area contributed by atoms with Gasteiger partial charge in [0.1, 0.15) is 12.1 Å². The number of carbonyl (C=O) groups excluding carboxylic acids is 3. The minimum Gasteiger partial charge on any atom is -0.321 e. The predicted molar refractivity (Wildman–Crippen MR) is 134 cm³/mol. The minimum atomic E-state index is -1.16. The molecule has 1 aliphatic rings. The second-order valence-corrected chi connectivity index (χ2v) is 9.04. The lowest BCUT2D eigenvalue weighted by Gasteiger charge is -2.27. The maximum Gasteiger partial charge on any atom is 0.325 e. The third kappa shape index (κ3) is 4.56. The molecule has 0 saturated carbocycles. The molecule has 4 amide bonds. The van der Waals surface area contributed by atoms with Gasteiger partial charge < -0.3 is 10.6 Å². The largest absolute Gasteiger partial charge is 0.325 e. The third-order valence-corrected chi connectivity index (χ3v) is 6.48. The van der Waals surface area contributed by atoms with Gasteiger partial charge >= 0.3 is 6.03 Å². The fourth-order valence-electron chi connectivity index (χ4n) is 4.53. The molecule has 1 unspecified atom stereocenters. The number of aryl methyl sites for hydroxylation is 2. The smallest absolute Gasteiger partial charge is 0.321 e. The van der Waals surface area contributed by atoms with Crippen LogP contribution in [0, 0.1) is 20.8 Å². The van der Waals surface area contributed by atoms with Crippen molar-refractivity contribution in [2.45, 2.75) is 52.5 Å². The van der Waals surface area contributed by atoms with Gasteiger partial charge in [0.15, 0.2) is 0 Å². The molecule has 1 atom stereocenters. The highest BCUT2D eigenvalue weighted by Crippen LogP contribution is 2.34. The van der Waals surface area contributed by atoms with Gasteiger partial charge in [-0.1, -0.05) is 67.8 Å². The van der Waals surface area contributed by atoms with Gasteiger partial charge in [-0.05, 0) is 44.9 Å². The van der Waals surface area contributed by atoms with E-state index in [0.717, 1.165) is 40.2 Å². The highest BCUT2D eigenvalue weighted by molar-refractivity contribution is 6.10. The van der Waals surface area contributed by atoms with Crippen molar-refractivity contribution >= 4 is 23.5 Å². The molecule has 1 aliphatic heterocycles. The highest BCUT2D eigenvalue weighted by Gasteiger charge is 2.52. The number of nitrogens with one attached hydrogen (secondary N) is 2. The number of anilines is 1. The Balaban J connectivity index is 1.54. The summed E-state index contributed by atoms with van der Waals surface area (Å²) in [6, 6.07) is 16.6. The van der Waals surface area contributed by atoms with Gasteiger partial charge in [0, 0.05) is 0 Å². The van der Waals surface area contributed by atoms with E-state index in [1.54, 1.807) is 4.68 Å². The van der Waals surface area contributed by atoms with Gasteiger partial charge in [0.2, 0.25) is 5.91 Å². The molecule has 1 aromatic heterocycles. The van der Waals surface area contributed by atoms with Crippen molar-refractivity contribution in [3.05, 3.63) is 77.1 Å². The van der Waals surface area contributed by atoms with Gasteiger partial charge in [-0.2, -0.15) is 5.10 Å². The fourth-order valence-corrected chi connectivity index (χ4v) is 4.53. The average molecular weight is 474 g/mol. The Morgan fingerprint density at radius 2 is 1.71 bits per heavy atom. The molecule has 182 valence electrons. The molecule has 2 heterocycles. The van der Waals surface area contributed by atoms with Crippen molar-refractivity contribution in [1.29, 1.82) is 0 Å². The van der Waals surface area contributed by atoms with Crippen molar-refractivity contribution in [2.75, 3.05) is 11.9 Å². The quantitative estimate of drug-likeness (QED) is 0.475. The summed E-state index contributed by atoms with van der Waals surface area (Å²) in [5.74, 6) is -0.858. The van der Waals surface area contributed by atoms with Gasteiger partial charge in [0.25, 0.3) is 5.91 Å². The molecule has 0 radical (unpaired) electrons. The summed E-state index contributed by atoms with van der Waals surface area (Å²) in [4.78, 5) is 40.4. The van der Waals surface area contributed by atoms with Crippen molar-refractivity contribution in [3.8, 4) is 5.69 Å². The molecule has 0 aliphatic carbocycles. The molecule has 0 bridgehead atoms. The fraction of sp³-hybridized carbons (Fsp3) is 0.333. The van der Waals surface area contributed by atoms with Gasteiger partial charge in [-0.15, -0.1) is 0 Å². The lowest BCUT2D eigenvalue weighted by molar-refractivity contribution is -0.134. The molecule has 3 aromatic rings. The number of amides is 4. The molecule has 2 N–H and O–H groups in total. The van der Waals surface area contributed by atoms with Crippen LogP contribution in [0.5, 0.6) is 0 Å². The normalized spacial score (nSPS) is 17.5. The maximum absolute atomic E-state index is 13.5. The first kappa shape index (κ1) is 24.2. The van der Waals surface area contributed by atoms with Crippen LogP contribution in [0.1, 0.15) is 48.7 Å². The van der Waals surface area contributed by atoms with E-state index in [1.807, 2.05) is 82.3 Å². The number of imide groups is 1. The topological polar surface area (TPSA) is 96.3 Å². The van der Waals surface area contributed by atoms with Gasteiger partial charge in [-0.25, -0.2) is 9.48 Å². The number of aromatic nitrogens is 2. The SMILES string of the molecule is CCCCC1(c2ccccc2)NC(=O)N(CC(=O)Nc2c(C)nn(-c3ccc(C)cc3)c2C)C1=O. The number of carbonyl (C=O) groups is 3. The Bertz CT molecular complexity index is 1250. The second-order valence-electron chi connectivity index (χ2n) is 9.04. The zero-order valence-electron chi connectivity index (χ0n) is 20.6. The Morgan fingerprint density at radius 3 is 2.37 bits per heavy atom. The second kappa shape index (κ2) is 9.74. The molecule has 0 spiro atoms. The highest BCUT2D eigenvalue weighted by atomic mass is 16.2. The Morgan fingerprint density at radius 1 is 1.03 bits per heavy atom. The molecule has 35 heavy (non-hydrogen) atoms. The number of nitrogens with zero attached hydrogens (tertiary/aromatic N) is 3. The van der Waals surface area contributed by atoms with E-state index in [2.05, 4.69) is 15.7 Å². The van der Waals surface area contributed by atoms with Crippen LogP contribution < -0.4 is 10.6 Å². The lowest BCUT2D eigenvalue weighted by Crippen LogP contribution is -2.44. The lowest BCUT2D eigenvalue weighted by atomic mass is 9.85. The standard InChI is InChI=1S/C27H31N5O3/c1-5-6-16-27(21-10-8-7-9-11-21)25(34)31(26(35)29-27)17-23(33)28-24-19(3)30-32(20(24)4)22-14-12-18(2)13-15-22/h7-15H,5-6,16-17H2,1-4H3,(H,28,33)(H,29,35). The zero-order valence-corrected chi connectivity index (χ0v) is 20.6. The Labute approximate surface area is 205 Å². The summed E-state index contributed by atoms with van der Waals surface area (Å²) in [5.41, 5.74) is 3.58. The van der Waals surface area contributed by atoms with Crippen LogP contribution in [0.15, 0.2) is 54.6 Å². The number of unbranched alkanes of at least 4 members (excludes halogenated alkanes) is 1. The van der Waals surface area contributed by atoms with Gasteiger partial charge in [-0.3, -0.25) is 14.5 Å². The molecular formula is C27H31N5O3. The molecule has 8 heteroatoms. The minimum absolute atomic E-state index is 0.375. The van der Waals surface area contributed by atoms with E-state index >= 15 is 0 Å². The van der Waals surface area contributed by atoms with Crippen molar-refractivity contribution in [1.82, 2.24) is 20.0 Å². The number of hydrogen-bond donors (Lipinski definition) is 2. The van der Waals surface area contributed by atoms with Crippen molar-refractivity contribution in [2.24, 2.45) is 0 Å². The summed E-state index contributed by atoms with van der Waals surface area (Å²) in [7, 11) is 0. The van der Waals surface area contributed by atoms with Crippen LogP contribution in [0.2, 0.25) is 0 Å². The van der Waals surface area contributed by atoms with E-state index in [0.29, 0.717) is 17.8 Å². The van der Waals surface area contributed by atoms with Crippen molar-refractivity contribution in [3.63, 3.8) is 0 Å². The molecule has 1 fully saturated rings. The Hall–Kier alpha value is -3.94. The zero-order chi connectivity index (χ0) is 25.2. The van der Waals surface area contributed by atoms with Crippen LogP contribution in [0.3, 0.4) is 0 Å². The Kier molecular flexibility index (Phi) is 6.73. The van der Waals surface area contributed by atoms with Gasteiger partial charge in [0.05, 0.1) is 22.8 Å². The third-order valence-electron chi connectivity index (χ3n) is 6.48. The molecule has 8 nitrogen and oxygen atoms in total. The average Bonchev–Trinajstić information content (AvgIpc) is 3.26. The summed E-state index contributed by atoms with van der Waals surface area (Å²) in [6.45, 7) is 7.36. The van der Waals surface area contributed by atoms with E-state index < -0.39 is 23.4 Å². The van der Waals surface area contributed by atoms with Crippen LogP contribution in [-0.4, -0.2) is 39.1 Å². The maximum atomic E-state index is 13.5. The summed E-state index contributed by atoms with van der Waals surface area (Å²) in [6.07, 6.45) is 2.11. The first-order valence-electron chi connectivity index (χ1n) is 11.9. The van der Waals surface area contributed by atoms with Crippen molar-refractivity contribution < 1.29 is 14.4 Å². The number of urea groups is 1. The van der Waals surface area contributed by atoms with E-state index in [1.165, 1.54) is 0 Å². The number of benzene rings is 2. The first-order valence-corrected chi connectivity index (χ1v) is 11.9. The molecular weight excluding hydrogens is 442 g/mol. The first-order chi connectivity index (χ1) is 16.8. The van der Waals surface area contributed by atoms with Crippen LogP contribution in [0.25, 0.3) is 5.69 Å². The van der Waals surface area contributed by atoms with Crippen LogP contribution in [-0.2, 0) is 15.1 Å². The number of hydrogen-bond acceptors (Lipinski definition) is 4. The van der Waals surface area contributed by atoms with E-state index in [4.69, 9.17) is 0 Å². The van der Waals surface area contributed by atoms with Crippen LogP contribution in [0.4, 0.5) is 10.5 Å². The van der Waals surface area contributed by atoms with E-state index in [-0.39, 0.29) is 6.54 Å².